The van der Waals surface area contributed by atoms with Crippen LogP contribution in [0.1, 0.15) is 55.5 Å². The summed E-state index contributed by atoms with van der Waals surface area (Å²) in [5, 5.41) is 15.9. The Morgan fingerprint density at radius 3 is 2.44 bits per heavy atom. The fraction of sp³-hybridized carbons (Fsp3) is 0.600. The van der Waals surface area contributed by atoms with Gasteiger partial charge in [0.2, 0.25) is 5.91 Å². The summed E-state index contributed by atoms with van der Waals surface area (Å²) in [6.45, 7) is 5.91. The van der Waals surface area contributed by atoms with Crippen LogP contribution >= 0.6 is 0 Å². The standard InChI is InChI=1S/C20H30N2O3/c1-13(2)18(22-19(24)16-11-7-4-8-14(16)3)20(25)21-12-17(23)15-9-5-6-10-15/h4,7-8,11,13,15,17-18,23H,5-6,9-10,12H2,1-3H3,(H,21,25)(H,22,24). The van der Waals surface area contributed by atoms with Gasteiger partial charge in [0, 0.05) is 12.1 Å². The van der Waals surface area contributed by atoms with E-state index in [4.69, 9.17) is 0 Å². The zero-order chi connectivity index (χ0) is 18.4. The van der Waals surface area contributed by atoms with Gasteiger partial charge in [-0.15, -0.1) is 0 Å². The summed E-state index contributed by atoms with van der Waals surface area (Å²) in [6, 6.07) is 6.69. The van der Waals surface area contributed by atoms with Crippen LogP contribution in [0.3, 0.4) is 0 Å². The first kappa shape index (κ1) is 19.4. The molecule has 1 saturated carbocycles. The SMILES string of the molecule is Cc1ccccc1C(=O)NC(C(=O)NCC(O)C1CCCC1)C(C)C. The minimum absolute atomic E-state index is 0.0448. The molecule has 0 heterocycles. The lowest BCUT2D eigenvalue weighted by atomic mass is 9.99. The van der Waals surface area contributed by atoms with Crippen LogP contribution in [-0.2, 0) is 4.79 Å². The highest BCUT2D eigenvalue weighted by Crippen LogP contribution is 2.27. The van der Waals surface area contributed by atoms with Crippen LogP contribution in [0.25, 0.3) is 0 Å². The second-order valence-electron chi connectivity index (χ2n) is 7.37. The second-order valence-corrected chi connectivity index (χ2v) is 7.37. The van der Waals surface area contributed by atoms with Crippen molar-refractivity contribution in [2.75, 3.05) is 6.54 Å². The van der Waals surface area contributed by atoms with Crippen molar-refractivity contribution in [2.45, 2.75) is 58.6 Å². The lowest BCUT2D eigenvalue weighted by molar-refractivity contribution is -0.124. The summed E-state index contributed by atoms with van der Waals surface area (Å²) < 4.78 is 0. The molecule has 2 amide bonds. The molecule has 1 aliphatic carbocycles. The molecule has 0 aromatic heterocycles. The Labute approximate surface area is 150 Å². The predicted molar refractivity (Wildman–Crippen MR) is 98.2 cm³/mol. The third kappa shape index (κ3) is 5.30. The lowest BCUT2D eigenvalue weighted by Crippen LogP contribution is -2.51. The summed E-state index contributed by atoms with van der Waals surface area (Å²) in [6.07, 6.45) is 3.84. The summed E-state index contributed by atoms with van der Waals surface area (Å²) >= 11 is 0. The molecule has 1 fully saturated rings. The van der Waals surface area contributed by atoms with Crippen LogP contribution in [0.2, 0.25) is 0 Å². The number of amides is 2. The van der Waals surface area contributed by atoms with E-state index in [1.807, 2.05) is 39.0 Å². The molecule has 0 aliphatic heterocycles. The smallest absolute Gasteiger partial charge is 0.252 e. The number of hydrogen-bond donors (Lipinski definition) is 3. The molecule has 2 atom stereocenters. The van der Waals surface area contributed by atoms with Crippen LogP contribution in [0.15, 0.2) is 24.3 Å². The van der Waals surface area contributed by atoms with Gasteiger partial charge < -0.3 is 15.7 Å². The number of carbonyl (C=O) groups is 2. The molecule has 5 nitrogen and oxygen atoms in total. The fourth-order valence-corrected chi connectivity index (χ4v) is 3.41. The molecule has 5 heteroatoms. The van der Waals surface area contributed by atoms with E-state index in [1.165, 1.54) is 0 Å². The first-order chi connectivity index (χ1) is 11.9. The van der Waals surface area contributed by atoms with Gasteiger partial charge in [-0.3, -0.25) is 9.59 Å². The quantitative estimate of drug-likeness (QED) is 0.709. The van der Waals surface area contributed by atoms with Crippen molar-refractivity contribution >= 4 is 11.8 Å². The summed E-state index contributed by atoms with van der Waals surface area (Å²) in [4.78, 5) is 25.0. The summed E-state index contributed by atoms with van der Waals surface area (Å²) in [5.41, 5.74) is 1.45. The predicted octanol–water partition coefficient (Wildman–Crippen LogP) is 2.42. The Kier molecular flexibility index (Phi) is 7.00. The monoisotopic (exact) mass is 346 g/mol. The van der Waals surface area contributed by atoms with Gasteiger partial charge in [0.15, 0.2) is 0 Å². The minimum Gasteiger partial charge on any atom is -0.391 e. The fourth-order valence-electron chi connectivity index (χ4n) is 3.41. The van der Waals surface area contributed by atoms with Crippen LogP contribution < -0.4 is 10.6 Å². The molecule has 0 saturated heterocycles. The zero-order valence-corrected chi connectivity index (χ0v) is 15.4. The van der Waals surface area contributed by atoms with Gasteiger partial charge in [0.05, 0.1) is 6.10 Å². The highest BCUT2D eigenvalue weighted by molar-refractivity contribution is 5.98. The molecule has 1 aliphatic rings. The number of rotatable bonds is 7. The van der Waals surface area contributed by atoms with E-state index in [0.717, 1.165) is 31.2 Å². The Balaban J connectivity index is 1.93. The van der Waals surface area contributed by atoms with Gasteiger partial charge in [0.1, 0.15) is 6.04 Å². The van der Waals surface area contributed by atoms with Gasteiger partial charge in [-0.1, -0.05) is 44.9 Å². The first-order valence-electron chi connectivity index (χ1n) is 9.22. The minimum atomic E-state index is -0.622. The summed E-state index contributed by atoms with van der Waals surface area (Å²) in [7, 11) is 0. The van der Waals surface area contributed by atoms with Crippen molar-refractivity contribution in [1.29, 1.82) is 0 Å². The van der Waals surface area contributed by atoms with Gasteiger partial charge in [-0.05, 0) is 43.2 Å². The second kappa shape index (κ2) is 8.99. The van der Waals surface area contributed by atoms with Gasteiger partial charge in [-0.2, -0.15) is 0 Å². The maximum absolute atomic E-state index is 12.5. The molecular weight excluding hydrogens is 316 g/mol. The van der Waals surface area contributed by atoms with Crippen LogP contribution in [0, 0.1) is 18.8 Å². The molecule has 2 rings (SSSR count). The number of hydrogen-bond acceptors (Lipinski definition) is 3. The van der Waals surface area contributed by atoms with Crippen molar-refractivity contribution in [1.82, 2.24) is 10.6 Å². The average molecular weight is 346 g/mol. The third-order valence-electron chi connectivity index (χ3n) is 5.05. The molecule has 138 valence electrons. The van der Waals surface area contributed by atoms with E-state index in [0.29, 0.717) is 5.56 Å². The number of aliphatic hydroxyl groups excluding tert-OH is 1. The number of benzene rings is 1. The Bertz CT molecular complexity index is 594. The van der Waals surface area contributed by atoms with Crippen molar-refractivity contribution in [2.24, 2.45) is 11.8 Å². The van der Waals surface area contributed by atoms with E-state index in [1.54, 1.807) is 6.07 Å². The molecule has 0 radical (unpaired) electrons. The molecule has 0 bridgehead atoms. The normalized spacial score (nSPS) is 17.3. The lowest BCUT2D eigenvalue weighted by Gasteiger charge is -2.24. The topological polar surface area (TPSA) is 78.4 Å². The van der Waals surface area contributed by atoms with Gasteiger partial charge >= 0.3 is 0 Å². The number of carbonyl (C=O) groups excluding carboxylic acids is 2. The van der Waals surface area contributed by atoms with E-state index in [9.17, 15) is 14.7 Å². The number of nitrogens with one attached hydrogen (secondary N) is 2. The highest BCUT2D eigenvalue weighted by atomic mass is 16.3. The number of aliphatic hydroxyl groups is 1. The molecule has 0 spiro atoms. The zero-order valence-electron chi connectivity index (χ0n) is 15.4. The van der Waals surface area contributed by atoms with E-state index in [2.05, 4.69) is 10.6 Å². The molecule has 3 N–H and O–H groups in total. The van der Waals surface area contributed by atoms with Crippen LogP contribution in [0.5, 0.6) is 0 Å². The van der Waals surface area contributed by atoms with Crippen LogP contribution in [0.4, 0.5) is 0 Å². The summed E-state index contributed by atoms with van der Waals surface area (Å²) in [5.74, 6) is -0.256. The van der Waals surface area contributed by atoms with Gasteiger partial charge in [-0.25, -0.2) is 0 Å². The van der Waals surface area contributed by atoms with Crippen molar-refractivity contribution in [3.05, 3.63) is 35.4 Å². The molecule has 25 heavy (non-hydrogen) atoms. The van der Waals surface area contributed by atoms with Crippen molar-refractivity contribution in [3.63, 3.8) is 0 Å². The van der Waals surface area contributed by atoms with Gasteiger partial charge in [0.25, 0.3) is 5.91 Å². The Morgan fingerprint density at radius 1 is 1.20 bits per heavy atom. The third-order valence-corrected chi connectivity index (χ3v) is 5.05. The molecule has 1 aromatic rings. The Morgan fingerprint density at radius 2 is 1.84 bits per heavy atom. The highest BCUT2D eigenvalue weighted by Gasteiger charge is 2.27. The van der Waals surface area contributed by atoms with E-state index >= 15 is 0 Å². The molecule has 1 aromatic carbocycles. The first-order valence-corrected chi connectivity index (χ1v) is 9.22. The maximum atomic E-state index is 12.5. The largest absolute Gasteiger partial charge is 0.391 e. The van der Waals surface area contributed by atoms with E-state index < -0.39 is 12.1 Å². The van der Waals surface area contributed by atoms with Crippen molar-refractivity contribution in [3.8, 4) is 0 Å². The van der Waals surface area contributed by atoms with E-state index in [-0.39, 0.29) is 30.2 Å². The number of aryl methyl sites for hydroxylation is 1. The van der Waals surface area contributed by atoms with Crippen LogP contribution in [-0.4, -0.2) is 35.6 Å². The molecular formula is C20H30N2O3. The average Bonchev–Trinajstić information content (AvgIpc) is 3.11. The Hall–Kier alpha value is -1.88. The van der Waals surface area contributed by atoms with Crippen molar-refractivity contribution < 1.29 is 14.7 Å². The maximum Gasteiger partial charge on any atom is 0.252 e. The molecule has 2 unspecified atom stereocenters.